The number of anilines is 3. The van der Waals surface area contributed by atoms with Crippen LogP contribution in [-0.2, 0) is 6.42 Å². The van der Waals surface area contributed by atoms with Crippen LogP contribution >= 0.6 is 0 Å². The number of rotatable bonds is 5. The van der Waals surface area contributed by atoms with E-state index in [1.807, 2.05) is 18.2 Å². The molecule has 3 aromatic rings. The molecule has 0 unspecified atom stereocenters. The zero-order chi connectivity index (χ0) is 17.6. The van der Waals surface area contributed by atoms with E-state index in [4.69, 9.17) is 0 Å². The van der Waals surface area contributed by atoms with Gasteiger partial charge in [0.05, 0.1) is 11.9 Å². The van der Waals surface area contributed by atoms with Gasteiger partial charge >= 0.3 is 0 Å². The predicted molar refractivity (Wildman–Crippen MR) is 97.7 cm³/mol. The number of benzene rings is 2. The van der Waals surface area contributed by atoms with Crippen molar-refractivity contribution < 1.29 is 9.18 Å². The van der Waals surface area contributed by atoms with Crippen molar-refractivity contribution in [2.24, 2.45) is 0 Å². The Morgan fingerprint density at radius 1 is 1.04 bits per heavy atom. The second-order valence-corrected chi connectivity index (χ2v) is 5.57. The van der Waals surface area contributed by atoms with Crippen molar-refractivity contribution in [3.05, 3.63) is 83.8 Å². The number of aromatic nitrogens is 1. The second kappa shape index (κ2) is 7.57. The fourth-order valence-corrected chi connectivity index (χ4v) is 2.35. The van der Waals surface area contributed by atoms with Gasteiger partial charge in [0.2, 0.25) is 0 Å². The molecule has 3 rings (SSSR count). The maximum Gasteiger partial charge on any atom is 0.256 e. The van der Waals surface area contributed by atoms with E-state index in [-0.39, 0.29) is 5.56 Å². The Labute approximate surface area is 145 Å². The molecular formula is C20H18FN3O. The lowest BCUT2D eigenvalue weighted by molar-refractivity contribution is 0.102. The molecule has 0 saturated heterocycles. The molecule has 1 aromatic heterocycles. The maximum atomic E-state index is 13.2. The van der Waals surface area contributed by atoms with Crippen molar-refractivity contribution in [2.45, 2.75) is 13.3 Å². The third kappa shape index (κ3) is 4.41. The van der Waals surface area contributed by atoms with Gasteiger partial charge in [0.1, 0.15) is 11.6 Å². The molecule has 0 fully saturated rings. The largest absolute Gasteiger partial charge is 0.354 e. The van der Waals surface area contributed by atoms with Crippen molar-refractivity contribution in [1.29, 1.82) is 0 Å². The number of nitrogens with zero attached hydrogens (tertiary/aromatic N) is 1. The van der Waals surface area contributed by atoms with Crippen LogP contribution in [0.15, 0.2) is 66.9 Å². The highest BCUT2D eigenvalue weighted by molar-refractivity contribution is 6.03. The van der Waals surface area contributed by atoms with Crippen LogP contribution in [0.4, 0.5) is 21.6 Å². The summed E-state index contributed by atoms with van der Waals surface area (Å²) >= 11 is 0. The Morgan fingerprint density at radius 2 is 1.80 bits per heavy atom. The summed E-state index contributed by atoms with van der Waals surface area (Å²) in [6, 6.07) is 17.2. The second-order valence-electron chi connectivity index (χ2n) is 5.57. The number of aryl methyl sites for hydroxylation is 1. The van der Waals surface area contributed by atoms with Crippen molar-refractivity contribution >= 4 is 23.1 Å². The first-order valence-corrected chi connectivity index (χ1v) is 8.03. The molecule has 0 bridgehead atoms. The molecule has 4 nitrogen and oxygen atoms in total. The predicted octanol–water partition coefficient (Wildman–Crippen LogP) is 4.78. The molecule has 0 spiro atoms. The zero-order valence-electron chi connectivity index (χ0n) is 13.8. The van der Waals surface area contributed by atoms with Gasteiger partial charge in [-0.1, -0.05) is 25.1 Å². The highest BCUT2D eigenvalue weighted by atomic mass is 19.1. The minimum atomic E-state index is -0.450. The highest BCUT2D eigenvalue weighted by Gasteiger charge is 2.07. The first-order chi connectivity index (χ1) is 12.1. The summed E-state index contributed by atoms with van der Waals surface area (Å²) in [7, 11) is 0. The molecule has 0 aliphatic rings. The highest BCUT2D eigenvalue weighted by Crippen LogP contribution is 2.18. The lowest BCUT2D eigenvalue weighted by Crippen LogP contribution is -2.13. The maximum absolute atomic E-state index is 13.2. The van der Waals surface area contributed by atoms with Gasteiger partial charge in [0.15, 0.2) is 0 Å². The first-order valence-electron chi connectivity index (χ1n) is 8.03. The fraction of sp³-hybridized carbons (Fsp3) is 0.100. The number of pyridine rings is 1. The molecule has 2 N–H and O–H groups in total. The molecule has 5 heteroatoms. The number of carbonyl (C=O) groups is 1. The Hall–Kier alpha value is -3.21. The quantitative estimate of drug-likeness (QED) is 0.705. The van der Waals surface area contributed by atoms with Crippen LogP contribution in [0.25, 0.3) is 0 Å². The van der Waals surface area contributed by atoms with Gasteiger partial charge in [-0.3, -0.25) is 4.79 Å². The summed E-state index contributed by atoms with van der Waals surface area (Å²) in [6.45, 7) is 2.11. The van der Waals surface area contributed by atoms with Gasteiger partial charge in [-0.2, -0.15) is 0 Å². The van der Waals surface area contributed by atoms with E-state index in [1.165, 1.54) is 23.8 Å². The summed E-state index contributed by atoms with van der Waals surface area (Å²) in [4.78, 5) is 16.3. The number of amides is 1. The minimum absolute atomic E-state index is 0.250. The molecule has 1 amide bonds. The minimum Gasteiger partial charge on any atom is -0.354 e. The van der Waals surface area contributed by atoms with Crippen LogP contribution in [-0.4, -0.2) is 10.9 Å². The summed E-state index contributed by atoms with van der Waals surface area (Å²) in [5.41, 5.74) is 3.31. The van der Waals surface area contributed by atoms with Gasteiger partial charge in [0, 0.05) is 11.3 Å². The van der Waals surface area contributed by atoms with E-state index in [0.717, 1.165) is 17.8 Å². The number of halogens is 1. The smallest absolute Gasteiger partial charge is 0.256 e. The lowest BCUT2D eigenvalue weighted by atomic mass is 10.1. The summed E-state index contributed by atoms with van der Waals surface area (Å²) in [6.07, 6.45) is 2.64. The Kier molecular flexibility index (Phi) is 5.04. The third-order valence-electron chi connectivity index (χ3n) is 3.74. The SMILES string of the molecule is CCc1ccc(Nc2ccc(NC(=O)c3cccc(F)c3)nc2)cc1. The van der Waals surface area contributed by atoms with E-state index < -0.39 is 11.7 Å². The molecule has 0 atom stereocenters. The van der Waals surface area contributed by atoms with Crippen molar-refractivity contribution in [1.82, 2.24) is 4.98 Å². The van der Waals surface area contributed by atoms with Crippen LogP contribution in [0, 0.1) is 5.82 Å². The Morgan fingerprint density at radius 3 is 2.44 bits per heavy atom. The molecular weight excluding hydrogens is 317 g/mol. The zero-order valence-corrected chi connectivity index (χ0v) is 13.8. The Balaban J connectivity index is 1.64. The third-order valence-corrected chi connectivity index (χ3v) is 3.74. The number of carbonyl (C=O) groups excluding carboxylic acids is 1. The van der Waals surface area contributed by atoms with Crippen molar-refractivity contribution in [2.75, 3.05) is 10.6 Å². The van der Waals surface area contributed by atoms with Crippen LogP contribution < -0.4 is 10.6 Å². The van der Waals surface area contributed by atoms with Crippen LogP contribution in [0.5, 0.6) is 0 Å². The average Bonchev–Trinajstić information content (AvgIpc) is 2.64. The molecule has 126 valence electrons. The van der Waals surface area contributed by atoms with E-state index in [2.05, 4.69) is 34.7 Å². The van der Waals surface area contributed by atoms with Gasteiger partial charge in [-0.15, -0.1) is 0 Å². The average molecular weight is 335 g/mol. The number of hydrogen-bond donors (Lipinski definition) is 2. The summed E-state index contributed by atoms with van der Waals surface area (Å²) < 4.78 is 13.2. The van der Waals surface area contributed by atoms with Crippen LogP contribution in [0.1, 0.15) is 22.8 Å². The summed E-state index contributed by atoms with van der Waals surface area (Å²) in [5, 5.41) is 5.90. The Bertz CT molecular complexity index is 861. The van der Waals surface area contributed by atoms with Gasteiger partial charge in [-0.25, -0.2) is 9.37 Å². The topological polar surface area (TPSA) is 54.0 Å². The van der Waals surface area contributed by atoms with Crippen LogP contribution in [0.3, 0.4) is 0 Å². The van der Waals surface area contributed by atoms with Gasteiger partial charge in [-0.05, 0) is 54.4 Å². The molecule has 0 aliphatic heterocycles. The van der Waals surface area contributed by atoms with Crippen molar-refractivity contribution in [3.8, 4) is 0 Å². The first kappa shape index (κ1) is 16.6. The van der Waals surface area contributed by atoms with E-state index in [9.17, 15) is 9.18 Å². The molecule has 25 heavy (non-hydrogen) atoms. The monoisotopic (exact) mass is 335 g/mol. The normalized spacial score (nSPS) is 10.3. The number of nitrogens with one attached hydrogen (secondary N) is 2. The molecule has 0 radical (unpaired) electrons. The van der Waals surface area contributed by atoms with Gasteiger partial charge in [0.25, 0.3) is 5.91 Å². The van der Waals surface area contributed by atoms with E-state index >= 15 is 0 Å². The summed E-state index contributed by atoms with van der Waals surface area (Å²) in [5.74, 6) is -0.446. The van der Waals surface area contributed by atoms with E-state index in [0.29, 0.717) is 5.82 Å². The fourth-order valence-electron chi connectivity index (χ4n) is 2.35. The lowest BCUT2D eigenvalue weighted by Gasteiger charge is -2.08. The standard InChI is InChI=1S/C20H18FN3O/c1-2-14-6-8-17(9-7-14)23-18-10-11-19(22-13-18)24-20(25)15-4-3-5-16(21)12-15/h3-13,23H,2H2,1H3,(H,22,24,25). The van der Waals surface area contributed by atoms with Crippen molar-refractivity contribution in [3.63, 3.8) is 0 Å². The molecule has 1 heterocycles. The molecule has 0 saturated carbocycles. The molecule has 0 aliphatic carbocycles. The number of hydrogen-bond acceptors (Lipinski definition) is 3. The van der Waals surface area contributed by atoms with E-state index in [1.54, 1.807) is 18.3 Å². The van der Waals surface area contributed by atoms with Gasteiger partial charge < -0.3 is 10.6 Å². The molecule has 2 aromatic carbocycles. The van der Waals surface area contributed by atoms with Crippen LogP contribution in [0.2, 0.25) is 0 Å².